The summed E-state index contributed by atoms with van der Waals surface area (Å²) in [6, 6.07) is 0. The van der Waals surface area contributed by atoms with Crippen molar-refractivity contribution in [2.45, 2.75) is 89.3 Å². The summed E-state index contributed by atoms with van der Waals surface area (Å²) in [6.45, 7) is 0. The number of hydrogen-bond acceptors (Lipinski definition) is 10. The third-order valence-electron chi connectivity index (χ3n) is 4.86. The fourth-order valence-electron chi connectivity index (χ4n) is 3.17. The highest BCUT2D eigenvalue weighted by Crippen LogP contribution is 2.18. The third-order valence-corrected chi connectivity index (χ3v) is 5.89. The van der Waals surface area contributed by atoms with Crippen molar-refractivity contribution in [1.82, 2.24) is 0 Å². The van der Waals surface area contributed by atoms with Crippen molar-refractivity contribution in [3.63, 3.8) is 0 Å². The van der Waals surface area contributed by atoms with Gasteiger partial charge in [-0.15, -0.1) is 0 Å². The van der Waals surface area contributed by atoms with Crippen LogP contribution in [0.25, 0.3) is 0 Å². The van der Waals surface area contributed by atoms with Gasteiger partial charge in [0.2, 0.25) is 0 Å². The van der Waals surface area contributed by atoms with Gasteiger partial charge in [-0.25, -0.2) is 8.37 Å². The fourth-order valence-corrected chi connectivity index (χ4v) is 4.24. The molecular weight excluding hydrogens is 472 g/mol. The van der Waals surface area contributed by atoms with Gasteiger partial charge in [-0.2, -0.15) is 16.8 Å². The third kappa shape index (κ3) is 14.5. The van der Waals surface area contributed by atoms with Crippen LogP contribution in [0.1, 0.15) is 77.0 Å². The Balaban J connectivity index is 2.85. The molecule has 0 radical (unpaired) electrons. The second kappa shape index (κ2) is 13.2. The molecule has 0 aromatic rings. The summed E-state index contributed by atoms with van der Waals surface area (Å²) in [5.74, 6) is -1.42. The van der Waals surface area contributed by atoms with E-state index in [1.807, 2.05) is 0 Å². The normalized spacial score (nSPS) is 24.7. The quantitative estimate of drug-likeness (QED) is 0.526. The number of Topliss-reactive ketones (excluding diaryl/α,β-unsaturated/α-hetero) is 4. The smallest absolute Gasteiger partial charge is 0.300 e. The first-order chi connectivity index (χ1) is 14.7. The summed E-state index contributed by atoms with van der Waals surface area (Å²) in [4.78, 5) is 48.1. The summed E-state index contributed by atoms with van der Waals surface area (Å²) in [5, 5.41) is 0. The van der Waals surface area contributed by atoms with Gasteiger partial charge in [-0.3, -0.25) is 28.3 Å². The first-order valence-corrected chi connectivity index (χ1v) is 12.8. The van der Waals surface area contributed by atoms with Crippen LogP contribution in [0.5, 0.6) is 0 Å². The summed E-state index contributed by atoms with van der Waals surface area (Å²) < 4.78 is 70.8. The van der Waals surface area contributed by atoms with Crippen molar-refractivity contribution >= 4 is 43.9 Å². The molecule has 0 amide bonds. The molecule has 1 rings (SSSR count). The summed E-state index contributed by atoms with van der Waals surface area (Å²) in [6.07, 6.45) is -3.73. The fraction of sp³-hybridized carbons (Fsp3) is 0.778. The largest absolute Gasteiger partial charge is 0.397 e. The molecule has 32 heavy (non-hydrogen) atoms. The highest BCUT2D eigenvalue weighted by molar-refractivity contribution is 7.81. The number of carbonyl (C=O) groups excluding carboxylic acids is 4. The Morgan fingerprint density at radius 2 is 0.719 bits per heavy atom. The molecule has 0 unspecified atom stereocenters. The molecule has 0 aliphatic heterocycles. The van der Waals surface area contributed by atoms with E-state index in [-0.39, 0.29) is 100 Å². The Bertz CT molecular complexity index is 777. The summed E-state index contributed by atoms with van der Waals surface area (Å²) in [5.41, 5.74) is 0. The van der Waals surface area contributed by atoms with Crippen molar-refractivity contribution in [3.05, 3.63) is 0 Å². The Kier molecular flexibility index (Phi) is 11.7. The van der Waals surface area contributed by atoms with E-state index in [0.717, 1.165) is 0 Å². The molecule has 12 nitrogen and oxygen atoms in total. The lowest BCUT2D eigenvalue weighted by Crippen LogP contribution is -2.22. The van der Waals surface area contributed by atoms with E-state index < -0.39 is 33.0 Å². The van der Waals surface area contributed by atoms with Crippen molar-refractivity contribution in [1.29, 1.82) is 0 Å². The number of ketones is 4. The Morgan fingerprint density at radius 3 is 0.906 bits per heavy atom. The minimum absolute atomic E-state index is 0.0940. The molecule has 14 heteroatoms. The van der Waals surface area contributed by atoms with E-state index in [2.05, 4.69) is 8.37 Å². The average Bonchev–Trinajstić information content (AvgIpc) is 2.66. The molecule has 0 spiro atoms. The van der Waals surface area contributed by atoms with Crippen LogP contribution < -0.4 is 0 Å². The molecule has 184 valence electrons. The molecule has 1 aliphatic rings. The minimum atomic E-state index is -4.80. The molecule has 1 aliphatic carbocycles. The molecule has 1 fully saturated rings. The lowest BCUT2D eigenvalue weighted by atomic mass is 9.97. The Labute approximate surface area is 186 Å². The Morgan fingerprint density at radius 1 is 0.500 bits per heavy atom. The summed E-state index contributed by atoms with van der Waals surface area (Å²) in [7, 11) is -9.59. The zero-order chi connectivity index (χ0) is 24.4. The van der Waals surface area contributed by atoms with Gasteiger partial charge < -0.3 is 0 Å². The topological polar surface area (TPSA) is 195 Å². The molecule has 0 saturated heterocycles. The van der Waals surface area contributed by atoms with Crippen molar-refractivity contribution in [3.8, 4) is 0 Å². The van der Waals surface area contributed by atoms with Crippen LogP contribution in [-0.4, -0.2) is 61.3 Å². The van der Waals surface area contributed by atoms with E-state index in [0.29, 0.717) is 0 Å². The van der Waals surface area contributed by atoms with Crippen molar-refractivity contribution in [2.24, 2.45) is 0 Å². The van der Waals surface area contributed by atoms with E-state index in [1.54, 1.807) is 0 Å². The number of carbonyl (C=O) groups is 4. The SMILES string of the molecule is O=C1CCC(=O)CCC(OS(=O)(=O)O)CCC(=O)CCC(=O)CCC(OS(=O)(=O)O)CC1. The van der Waals surface area contributed by atoms with Crippen molar-refractivity contribution < 1.29 is 53.5 Å². The van der Waals surface area contributed by atoms with E-state index in [4.69, 9.17) is 9.11 Å². The average molecular weight is 501 g/mol. The van der Waals surface area contributed by atoms with Gasteiger partial charge in [0.1, 0.15) is 23.1 Å². The second-order valence-corrected chi connectivity index (χ2v) is 9.70. The summed E-state index contributed by atoms with van der Waals surface area (Å²) >= 11 is 0. The van der Waals surface area contributed by atoms with Crippen LogP contribution in [0.2, 0.25) is 0 Å². The maximum atomic E-state index is 12.0. The first-order valence-electron chi connectivity index (χ1n) is 10.1. The second-order valence-electron chi connectivity index (χ2n) is 7.60. The van der Waals surface area contributed by atoms with Crippen LogP contribution in [0.4, 0.5) is 0 Å². The lowest BCUT2D eigenvalue weighted by molar-refractivity contribution is -0.125. The van der Waals surface area contributed by atoms with Gasteiger partial charge in [0.05, 0.1) is 12.2 Å². The zero-order valence-corrected chi connectivity index (χ0v) is 19.1. The highest BCUT2D eigenvalue weighted by Gasteiger charge is 2.23. The molecular formula is C18H28O12S2. The molecule has 0 atom stereocenters. The van der Waals surface area contributed by atoms with E-state index in [9.17, 15) is 36.0 Å². The first kappa shape index (κ1) is 28.5. The van der Waals surface area contributed by atoms with Crippen LogP contribution in [-0.2, 0) is 48.3 Å². The molecule has 2 N–H and O–H groups in total. The van der Waals surface area contributed by atoms with Gasteiger partial charge in [0.25, 0.3) is 0 Å². The van der Waals surface area contributed by atoms with Gasteiger partial charge in [0.15, 0.2) is 0 Å². The molecule has 0 aromatic heterocycles. The van der Waals surface area contributed by atoms with Gasteiger partial charge in [-0.1, -0.05) is 0 Å². The standard InChI is InChI=1S/C18H28O12S2/c19-13-1-2-14(20)6-10-18(30-32(26,27)28)12-8-16(22)4-3-15(21)7-11-17(9-5-13)29-31(23,24)25/h17-18H,1-12H2,(H,23,24,25)(H,26,27,28). The number of rotatable bonds is 4. The maximum absolute atomic E-state index is 12.0. The highest BCUT2D eigenvalue weighted by atomic mass is 32.3. The van der Waals surface area contributed by atoms with E-state index >= 15 is 0 Å². The van der Waals surface area contributed by atoms with Gasteiger partial charge in [0, 0.05) is 51.4 Å². The zero-order valence-electron chi connectivity index (χ0n) is 17.4. The van der Waals surface area contributed by atoms with Crippen LogP contribution in [0.3, 0.4) is 0 Å². The number of hydrogen-bond donors (Lipinski definition) is 2. The molecule has 1 saturated carbocycles. The van der Waals surface area contributed by atoms with Crippen LogP contribution >= 0.6 is 0 Å². The predicted octanol–water partition coefficient (Wildman–Crippen LogP) is 1.33. The van der Waals surface area contributed by atoms with Crippen LogP contribution in [0, 0.1) is 0 Å². The molecule has 0 aromatic carbocycles. The molecule has 0 heterocycles. The van der Waals surface area contributed by atoms with Crippen LogP contribution in [0.15, 0.2) is 0 Å². The van der Waals surface area contributed by atoms with Crippen molar-refractivity contribution in [2.75, 3.05) is 0 Å². The maximum Gasteiger partial charge on any atom is 0.397 e. The molecule has 0 bridgehead atoms. The monoisotopic (exact) mass is 500 g/mol. The van der Waals surface area contributed by atoms with Gasteiger partial charge >= 0.3 is 20.8 Å². The lowest BCUT2D eigenvalue weighted by Gasteiger charge is -2.16. The van der Waals surface area contributed by atoms with E-state index in [1.165, 1.54) is 0 Å². The Hall–Kier alpha value is -1.58. The minimum Gasteiger partial charge on any atom is -0.300 e. The predicted molar refractivity (Wildman–Crippen MR) is 108 cm³/mol. The van der Waals surface area contributed by atoms with Gasteiger partial charge in [-0.05, 0) is 25.7 Å².